The normalized spacial score (nSPS) is 16.5. The summed E-state index contributed by atoms with van der Waals surface area (Å²) in [6.07, 6.45) is 1.71. The molecule has 0 radical (unpaired) electrons. The number of carbonyl (C=O) groups is 2. The van der Waals surface area contributed by atoms with E-state index in [0.29, 0.717) is 35.7 Å². The molecule has 3 rings (SSSR count). The lowest BCUT2D eigenvalue weighted by Crippen LogP contribution is -2.21. The standard InChI is InChI=1S/C16H16N2O4S/c1-22-11-4-2-3-9(7-11)14(19)18-16-17-12-6-5-10(15(20)21)8-13(12)23-16/h2-4,7,10H,5-6,8H2,1H3,(H,20,21)(H,17,18,19). The summed E-state index contributed by atoms with van der Waals surface area (Å²) in [5, 5.41) is 12.4. The number of amides is 1. The number of hydrogen-bond acceptors (Lipinski definition) is 5. The number of aliphatic carboxylic acids is 1. The summed E-state index contributed by atoms with van der Waals surface area (Å²) in [6, 6.07) is 6.87. The SMILES string of the molecule is COc1cccc(C(=O)Nc2nc3c(s2)CC(C(=O)O)CC3)c1. The minimum absolute atomic E-state index is 0.259. The molecule has 1 aromatic heterocycles. The number of nitrogens with one attached hydrogen (secondary N) is 1. The van der Waals surface area contributed by atoms with Crippen molar-refractivity contribution < 1.29 is 19.4 Å². The Balaban J connectivity index is 1.74. The minimum atomic E-state index is -0.772. The van der Waals surface area contributed by atoms with Crippen molar-refractivity contribution in [2.24, 2.45) is 5.92 Å². The first kappa shape index (κ1) is 15.5. The number of carboxylic acids is 1. The molecule has 2 N–H and O–H groups in total. The summed E-state index contributed by atoms with van der Waals surface area (Å²) in [4.78, 5) is 28.7. The summed E-state index contributed by atoms with van der Waals surface area (Å²) < 4.78 is 5.11. The monoisotopic (exact) mass is 332 g/mol. The Morgan fingerprint density at radius 3 is 3.00 bits per heavy atom. The fourth-order valence-corrected chi connectivity index (χ4v) is 3.66. The number of benzene rings is 1. The number of thiazole rings is 1. The van der Waals surface area contributed by atoms with Gasteiger partial charge in [0.05, 0.1) is 18.7 Å². The van der Waals surface area contributed by atoms with Crippen LogP contribution < -0.4 is 10.1 Å². The molecule has 1 heterocycles. The number of methoxy groups -OCH3 is 1. The summed E-state index contributed by atoms with van der Waals surface area (Å²) in [7, 11) is 1.55. The van der Waals surface area contributed by atoms with E-state index in [1.54, 1.807) is 31.4 Å². The predicted octanol–water partition coefficient (Wildman–Crippen LogP) is 2.59. The van der Waals surface area contributed by atoms with Gasteiger partial charge in [0.2, 0.25) is 0 Å². The Bertz CT molecular complexity index is 756. The van der Waals surface area contributed by atoms with E-state index in [9.17, 15) is 9.59 Å². The highest BCUT2D eigenvalue weighted by Gasteiger charge is 2.27. The largest absolute Gasteiger partial charge is 0.497 e. The zero-order valence-electron chi connectivity index (χ0n) is 12.5. The summed E-state index contributed by atoms with van der Waals surface area (Å²) in [6.45, 7) is 0. The van der Waals surface area contributed by atoms with Gasteiger partial charge in [0.25, 0.3) is 5.91 Å². The molecule has 1 aromatic carbocycles. The van der Waals surface area contributed by atoms with Crippen molar-refractivity contribution in [3.05, 3.63) is 40.4 Å². The van der Waals surface area contributed by atoms with Gasteiger partial charge in [-0.15, -0.1) is 11.3 Å². The lowest BCUT2D eigenvalue weighted by Gasteiger charge is -2.16. The molecule has 0 bridgehead atoms. The van der Waals surface area contributed by atoms with E-state index in [2.05, 4.69) is 10.3 Å². The zero-order chi connectivity index (χ0) is 16.4. The van der Waals surface area contributed by atoms with Crippen molar-refractivity contribution in [1.82, 2.24) is 4.98 Å². The van der Waals surface area contributed by atoms with Gasteiger partial charge >= 0.3 is 5.97 Å². The van der Waals surface area contributed by atoms with Crippen LogP contribution in [0, 0.1) is 5.92 Å². The summed E-state index contributed by atoms with van der Waals surface area (Å²) in [5.41, 5.74) is 1.38. The van der Waals surface area contributed by atoms with Crippen LogP contribution in [0.4, 0.5) is 5.13 Å². The molecule has 0 saturated heterocycles. The highest BCUT2D eigenvalue weighted by Crippen LogP contribution is 2.32. The first-order chi connectivity index (χ1) is 11.1. The molecule has 0 spiro atoms. The molecule has 23 heavy (non-hydrogen) atoms. The van der Waals surface area contributed by atoms with E-state index >= 15 is 0 Å². The maximum absolute atomic E-state index is 12.3. The third kappa shape index (κ3) is 3.34. The molecule has 6 nitrogen and oxygen atoms in total. The number of ether oxygens (including phenoxy) is 1. The second kappa shape index (κ2) is 6.37. The van der Waals surface area contributed by atoms with Gasteiger partial charge in [-0.05, 0) is 37.5 Å². The molecule has 1 unspecified atom stereocenters. The Kier molecular flexibility index (Phi) is 4.29. The molecule has 1 aliphatic carbocycles. The molecule has 0 fully saturated rings. The second-order valence-corrected chi connectivity index (χ2v) is 6.44. The van der Waals surface area contributed by atoms with Gasteiger partial charge in [-0.3, -0.25) is 14.9 Å². The number of aromatic nitrogens is 1. The number of fused-ring (bicyclic) bond motifs is 1. The second-order valence-electron chi connectivity index (χ2n) is 5.35. The maximum atomic E-state index is 12.3. The average Bonchev–Trinajstić information content (AvgIpc) is 2.96. The van der Waals surface area contributed by atoms with Crippen LogP contribution in [0.3, 0.4) is 0 Å². The van der Waals surface area contributed by atoms with E-state index < -0.39 is 5.97 Å². The zero-order valence-corrected chi connectivity index (χ0v) is 13.4. The molecular weight excluding hydrogens is 316 g/mol. The molecule has 7 heteroatoms. The van der Waals surface area contributed by atoms with E-state index in [0.717, 1.165) is 10.6 Å². The average molecular weight is 332 g/mol. The molecular formula is C16H16N2O4S. The molecule has 0 saturated carbocycles. The van der Waals surface area contributed by atoms with Crippen LogP contribution in [0.2, 0.25) is 0 Å². The Labute approximate surface area is 137 Å². The first-order valence-corrected chi connectivity index (χ1v) is 8.05. The van der Waals surface area contributed by atoms with E-state index in [-0.39, 0.29) is 11.8 Å². The van der Waals surface area contributed by atoms with Gasteiger partial charge in [0.15, 0.2) is 5.13 Å². The van der Waals surface area contributed by atoms with Crippen molar-refractivity contribution in [3.63, 3.8) is 0 Å². The number of rotatable bonds is 4. The molecule has 0 aliphatic heterocycles. The number of anilines is 1. The highest BCUT2D eigenvalue weighted by molar-refractivity contribution is 7.15. The van der Waals surface area contributed by atoms with Crippen LogP contribution in [0.15, 0.2) is 24.3 Å². The van der Waals surface area contributed by atoms with Gasteiger partial charge in [0.1, 0.15) is 5.75 Å². The van der Waals surface area contributed by atoms with Gasteiger partial charge in [0, 0.05) is 10.4 Å². The lowest BCUT2D eigenvalue weighted by atomic mass is 9.91. The fourth-order valence-electron chi connectivity index (χ4n) is 2.57. The minimum Gasteiger partial charge on any atom is -0.497 e. The van der Waals surface area contributed by atoms with Crippen LogP contribution in [0.5, 0.6) is 5.75 Å². The van der Waals surface area contributed by atoms with Crippen molar-refractivity contribution in [2.75, 3.05) is 12.4 Å². The van der Waals surface area contributed by atoms with Crippen molar-refractivity contribution in [2.45, 2.75) is 19.3 Å². The summed E-state index contributed by atoms with van der Waals surface area (Å²) >= 11 is 1.35. The van der Waals surface area contributed by atoms with E-state index in [4.69, 9.17) is 9.84 Å². The molecule has 1 amide bonds. The highest BCUT2D eigenvalue weighted by atomic mass is 32.1. The van der Waals surface area contributed by atoms with Crippen LogP contribution in [0.25, 0.3) is 0 Å². The topological polar surface area (TPSA) is 88.5 Å². The van der Waals surface area contributed by atoms with Crippen LogP contribution in [-0.4, -0.2) is 29.1 Å². The predicted molar refractivity (Wildman–Crippen MR) is 86.2 cm³/mol. The number of hydrogen-bond donors (Lipinski definition) is 2. The Hall–Kier alpha value is -2.41. The van der Waals surface area contributed by atoms with Gasteiger partial charge in [-0.2, -0.15) is 0 Å². The number of carboxylic acid groups (broad SMARTS) is 1. The lowest BCUT2D eigenvalue weighted by molar-refractivity contribution is -0.142. The number of aryl methyl sites for hydroxylation is 1. The molecule has 120 valence electrons. The van der Waals surface area contributed by atoms with Crippen molar-refractivity contribution in [1.29, 1.82) is 0 Å². The van der Waals surface area contributed by atoms with E-state index in [1.807, 2.05) is 0 Å². The third-order valence-electron chi connectivity index (χ3n) is 3.84. The van der Waals surface area contributed by atoms with Crippen molar-refractivity contribution in [3.8, 4) is 5.75 Å². The third-order valence-corrected chi connectivity index (χ3v) is 4.88. The van der Waals surface area contributed by atoms with Gasteiger partial charge < -0.3 is 9.84 Å². The Morgan fingerprint density at radius 2 is 2.26 bits per heavy atom. The van der Waals surface area contributed by atoms with Gasteiger partial charge in [-0.1, -0.05) is 6.07 Å². The summed E-state index contributed by atoms with van der Waals surface area (Å²) in [5.74, 6) is -0.777. The van der Waals surface area contributed by atoms with Crippen LogP contribution in [-0.2, 0) is 17.6 Å². The maximum Gasteiger partial charge on any atom is 0.306 e. The number of nitrogens with zero attached hydrogens (tertiary/aromatic N) is 1. The fraction of sp³-hybridized carbons (Fsp3) is 0.312. The molecule has 1 aliphatic rings. The molecule has 2 aromatic rings. The van der Waals surface area contributed by atoms with Gasteiger partial charge in [-0.25, -0.2) is 4.98 Å². The van der Waals surface area contributed by atoms with Crippen LogP contribution >= 0.6 is 11.3 Å². The van der Waals surface area contributed by atoms with Crippen molar-refractivity contribution >= 4 is 28.3 Å². The number of carbonyl (C=O) groups excluding carboxylic acids is 1. The first-order valence-electron chi connectivity index (χ1n) is 7.23. The van der Waals surface area contributed by atoms with E-state index in [1.165, 1.54) is 11.3 Å². The Morgan fingerprint density at radius 1 is 1.43 bits per heavy atom. The smallest absolute Gasteiger partial charge is 0.306 e. The quantitative estimate of drug-likeness (QED) is 0.898. The van der Waals surface area contributed by atoms with Crippen LogP contribution in [0.1, 0.15) is 27.3 Å². The molecule has 1 atom stereocenters.